The van der Waals surface area contributed by atoms with Crippen LogP contribution in [0.2, 0.25) is 0 Å². The van der Waals surface area contributed by atoms with Crippen LogP contribution in [0.4, 0.5) is 4.39 Å². The van der Waals surface area contributed by atoms with Crippen molar-refractivity contribution < 1.29 is 9.50 Å². The Hall–Kier alpha value is -1.13. The highest BCUT2D eigenvalue weighted by atomic mass is 19.1. The second-order valence-corrected chi connectivity index (χ2v) is 4.89. The Morgan fingerprint density at radius 1 is 1.53 bits per heavy atom. The zero-order valence-corrected chi connectivity index (χ0v) is 10.1. The number of rotatable bonds is 2. The van der Waals surface area contributed by atoms with Gasteiger partial charge in [-0.1, -0.05) is 6.07 Å². The van der Waals surface area contributed by atoms with Gasteiger partial charge in [0.05, 0.1) is 0 Å². The molecule has 0 aromatic heterocycles. The Morgan fingerprint density at radius 2 is 2.29 bits per heavy atom. The van der Waals surface area contributed by atoms with Crippen molar-refractivity contribution in [3.63, 3.8) is 0 Å². The number of likely N-dealkylation sites (tertiary alicyclic amines) is 1. The lowest BCUT2D eigenvalue weighted by Crippen LogP contribution is -2.44. The Labute approximate surface area is 101 Å². The molecule has 2 atom stereocenters. The minimum absolute atomic E-state index is 0.289. The average Bonchev–Trinajstić information content (AvgIpc) is 2.27. The number of piperidine rings is 1. The molecule has 1 aromatic rings. The van der Waals surface area contributed by atoms with E-state index >= 15 is 0 Å². The lowest BCUT2D eigenvalue weighted by Gasteiger charge is -2.36. The van der Waals surface area contributed by atoms with Crippen molar-refractivity contribution in [3.05, 3.63) is 29.6 Å². The molecule has 3 nitrogen and oxygen atoms in total. The van der Waals surface area contributed by atoms with Crippen LogP contribution in [-0.4, -0.2) is 28.6 Å². The van der Waals surface area contributed by atoms with Gasteiger partial charge in [-0.25, -0.2) is 4.39 Å². The number of hydrogen-bond donors (Lipinski definition) is 2. The highest BCUT2D eigenvalue weighted by Gasteiger charge is 2.23. The van der Waals surface area contributed by atoms with E-state index < -0.39 is 5.82 Å². The molecule has 1 aromatic carbocycles. The van der Waals surface area contributed by atoms with Crippen molar-refractivity contribution in [1.29, 1.82) is 0 Å². The molecule has 2 rings (SSSR count). The number of aromatic hydroxyl groups is 1. The third kappa shape index (κ3) is 2.96. The summed E-state index contributed by atoms with van der Waals surface area (Å²) in [4.78, 5) is 2.30. The minimum Gasteiger partial charge on any atom is -0.505 e. The van der Waals surface area contributed by atoms with Crippen molar-refractivity contribution in [2.24, 2.45) is 5.73 Å². The molecule has 3 N–H and O–H groups in total. The fourth-order valence-corrected chi connectivity index (χ4v) is 2.38. The van der Waals surface area contributed by atoms with Crippen LogP contribution in [-0.2, 0) is 6.54 Å². The SMILES string of the molecule is CC1CC(N)CCN1Cc1ccc(O)c(F)c1. The molecule has 0 bridgehead atoms. The third-order valence-corrected chi connectivity index (χ3v) is 3.45. The van der Waals surface area contributed by atoms with Crippen molar-refractivity contribution in [3.8, 4) is 5.75 Å². The summed E-state index contributed by atoms with van der Waals surface area (Å²) in [6.07, 6.45) is 1.98. The molecule has 94 valence electrons. The summed E-state index contributed by atoms with van der Waals surface area (Å²) in [5, 5.41) is 9.13. The highest BCUT2D eigenvalue weighted by molar-refractivity contribution is 5.28. The van der Waals surface area contributed by atoms with Gasteiger partial charge in [-0.05, 0) is 37.5 Å². The van der Waals surface area contributed by atoms with E-state index in [1.54, 1.807) is 6.07 Å². The summed E-state index contributed by atoms with van der Waals surface area (Å²) in [6, 6.07) is 5.29. The van der Waals surface area contributed by atoms with Gasteiger partial charge < -0.3 is 10.8 Å². The lowest BCUT2D eigenvalue weighted by molar-refractivity contribution is 0.140. The molecular weight excluding hydrogens is 219 g/mol. The predicted molar refractivity (Wildman–Crippen MR) is 65.1 cm³/mol. The van der Waals surface area contributed by atoms with Crippen LogP contribution in [0.3, 0.4) is 0 Å². The molecular formula is C13H19FN2O. The second kappa shape index (κ2) is 5.02. The zero-order chi connectivity index (χ0) is 12.4. The maximum atomic E-state index is 13.2. The molecule has 17 heavy (non-hydrogen) atoms. The normalized spacial score (nSPS) is 26.1. The van der Waals surface area contributed by atoms with Crippen LogP contribution in [0.25, 0.3) is 0 Å². The molecule has 2 unspecified atom stereocenters. The average molecular weight is 238 g/mol. The Kier molecular flexibility index (Phi) is 3.64. The molecule has 0 spiro atoms. The summed E-state index contributed by atoms with van der Waals surface area (Å²) in [6.45, 7) is 3.81. The van der Waals surface area contributed by atoms with Gasteiger partial charge in [0.15, 0.2) is 11.6 Å². The van der Waals surface area contributed by atoms with E-state index in [-0.39, 0.29) is 11.8 Å². The molecule has 1 aliphatic rings. The molecule has 4 heteroatoms. The quantitative estimate of drug-likeness (QED) is 0.826. The maximum Gasteiger partial charge on any atom is 0.165 e. The van der Waals surface area contributed by atoms with E-state index in [2.05, 4.69) is 11.8 Å². The van der Waals surface area contributed by atoms with E-state index in [1.807, 2.05) is 0 Å². The monoisotopic (exact) mass is 238 g/mol. The molecule has 1 aliphatic heterocycles. The van der Waals surface area contributed by atoms with Crippen LogP contribution in [0.1, 0.15) is 25.3 Å². The van der Waals surface area contributed by atoms with Gasteiger partial charge in [0, 0.05) is 25.2 Å². The van der Waals surface area contributed by atoms with Crippen LogP contribution < -0.4 is 5.73 Å². The molecule has 0 aliphatic carbocycles. The number of nitrogens with two attached hydrogens (primary N) is 1. The van der Waals surface area contributed by atoms with E-state index in [1.165, 1.54) is 12.1 Å². The van der Waals surface area contributed by atoms with E-state index in [0.717, 1.165) is 24.9 Å². The summed E-state index contributed by atoms with van der Waals surface area (Å²) in [7, 11) is 0. The van der Waals surface area contributed by atoms with Gasteiger partial charge in [0.25, 0.3) is 0 Å². The van der Waals surface area contributed by atoms with Gasteiger partial charge in [-0.15, -0.1) is 0 Å². The fourth-order valence-electron chi connectivity index (χ4n) is 2.38. The van der Waals surface area contributed by atoms with Crippen molar-refractivity contribution >= 4 is 0 Å². The summed E-state index contributed by atoms with van der Waals surface area (Å²) in [5.74, 6) is -0.841. The molecule has 1 heterocycles. The fraction of sp³-hybridized carbons (Fsp3) is 0.538. The number of phenolic OH excluding ortho intramolecular Hbond substituents is 1. The summed E-state index contributed by atoms with van der Waals surface area (Å²) in [5.41, 5.74) is 6.80. The van der Waals surface area contributed by atoms with E-state index in [4.69, 9.17) is 10.8 Å². The van der Waals surface area contributed by atoms with Gasteiger partial charge in [-0.2, -0.15) is 0 Å². The number of phenols is 1. The summed E-state index contributed by atoms with van der Waals surface area (Å²) < 4.78 is 13.2. The molecule has 0 saturated carbocycles. The first-order valence-electron chi connectivity index (χ1n) is 6.03. The van der Waals surface area contributed by atoms with Crippen molar-refractivity contribution in [1.82, 2.24) is 4.90 Å². The summed E-state index contributed by atoms with van der Waals surface area (Å²) >= 11 is 0. The molecule has 0 radical (unpaired) electrons. The van der Waals surface area contributed by atoms with E-state index in [0.29, 0.717) is 12.6 Å². The minimum atomic E-state index is -0.552. The smallest absolute Gasteiger partial charge is 0.165 e. The first-order valence-corrected chi connectivity index (χ1v) is 6.03. The standard InChI is InChI=1S/C13H19FN2O/c1-9-6-11(15)4-5-16(9)8-10-2-3-13(17)12(14)7-10/h2-3,7,9,11,17H,4-6,8,15H2,1H3. The van der Waals surface area contributed by atoms with Gasteiger partial charge in [-0.3, -0.25) is 4.90 Å². The van der Waals surface area contributed by atoms with Crippen LogP contribution in [0.15, 0.2) is 18.2 Å². The number of benzene rings is 1. The molecule has 1 saturated heterocycles. The zero-order valence-electron chi connectivity index (χ0n) is 10.1. The number of nitrogens with zero attached hydrogens (tertiary/aromatic N) is 1. The van der Waals surface area contributed by atoms with Crippen molar-refractivity contribution in [2.45, 2.75) is 38.4 Å². The predicted octanol–water partition coefficient (Wildman–Crippen LogP) is 1.84. The maximum absolute atomic E-state index is 13.2. The third-order valence-electron chi connectivity index (χ3n) is 3.45. The van der Waals surface area contributed by atoms with Gasteiger partial charge in [0.1, 0.15) is 0 Å². The lowest BCUT2D eigenvalue weighted by atomic mass is 9.98. The first-order chi connectivity index (χ1) is 8.06. The Balaban J connectivity index is 2.02. The van der Waals surface area contributed by atoms with Crippen molar-refractivity contribution in [2.75, 3.05) is 6.54 Å². The topological polar surface area (TPSA) is 49.5 Å². The van der Waals surface area contributed by atoms with Gasteiger partial charge in [0.2, 0.25) is 0 Å². The first kappa shape index (κ1) is 12.3. The number of hydrogen-bond acceptors (Lipinski definition) is 3. The number of halogens is 1. The Morgan fingerprint density at radius 3 is 2.94 bits per heavy atom. The van der Waals surface area contributed by atoms with E-state index in [9.17, 15) is 4.39 Å². The largest absolute Gasteiger partial charge is 0.505 e. The van der Waals surface area contributed by atoms with Crippen LogP contribution >= 0.6 is 0 Å². The highest BCUT2D eigenvalue weighted by Crippen LogP contribution is 2.21. The Bertz CT molecular complexity index is 397. The molecule has 1 fully saturated rings. The molecule has 0 amide bonds. The van der Waals surface area contributed by atoms with Crippen LogP contribution in [0.5, 0.6) is 5.75 Å². The second-order valence-electron chi connectivity index (χ2n) is 4.89. The van der Waals surface area contributed by atoms with Gasteiger partial charge >= 0.3 is 0 Å². The van der Waals surface area contributed by atoms with Crippen LogP contribution in [0, 0.1) is 5.82 Å².